The van der Waals surface area contributed by atoms with E-state index in [9.17, 15) is 14.7 Å². The van der Waals surface area contributed by atoms with Crippen LogP contribution < -0.4 is 0 Å². The van der Waals surface area contributed by atoms with Crippen LogP contribution in [0.5, 0.6) is 0 Å². The molecule has 9 nitrogen and oxygen atoms in total. The maximum atomic E-state index is 13.1. The Labute approximate surface area is 216 Å². The number of nitrogens with one attached hydrogen (secondary N) is 2. The zero-order valence-corrected chi connectivity index (χ0v) is 21.1. The summed E-state index contributed by atoms with van der Waals surface area (Å²) in [5.41, 5.74) is 0.767. The first-order valence-corrected chi connectivity index (χ1v) is 12.8. The molecule has 0 radical (unpaired) electrons. The number of ether oxygens (including phenoxy) is 2. The number of thioether (sulfide) groups is 2. The molecule has 0 saturated carbocycles. The summed E-state index contributed by atoms with van der Waals surface area (Å²) in [6.45, 7) is 1.69. The lowest BCUT2D eigenvalue weighted by Gasteiger charge is -2.26. The molecule has 0 aliphatic carbocycles. The number of aliphatic hydroxyl groups excluding tert-OH is 1. The topological polar surface area (TPSA) is 130 Å². The monoisotopic (exact) mass is 550 g/mol. The highest BCUT2D eigenvalue weighted by Crippen LogP contribution is 2.46. The Morgan fingerprint density at radius 2 is 1.69 bits per heavy atom. The van der Waals surface area contributed by atoms with E-state index < -0.39 is 23.3 Å². The number of rotatable bonds is 7. The first-order chi connectivity index (χ1) is 16.8. The van der Waals surface area contributed by atoms with Crippen LogP contribution >= 0.6 is 46.7 Å². The van der Waals surface area contributed by atoms with E-state index in [1.165, 1.54) is 0 Å². The van der Waals surface area contributed by atoms with Crippen LogP contribution in [0.15, 0.2) is 57.4 Å². The lowest BCUT2D eigenvalue weighted by atomic mass is 10.1. The molecule has 4 aromatic rings. The number of cyclic esters (lactones) is 1. The van der Waals surface area contributed by atoms with Crippen LogP contribution in [0.2, 0.25) is 10.0 Å². The van der Waals surface area contributed by atoms with E-state index in [1.807, 2.05) is 0 Å². The van der Waals surface area contributed by atoms with Gasteiger partial charge < -0.3 is 24.5 Å². The molecule has 3 N–H and O–H groups in total. The van der Waals surface area contributed by atoms with Crippen molar-refractivity contribution in [3.63, 3.8) is 0 Å². The number of aromatic amines is 2. The number of aromatic nitrogens is 4. The van der Waals surface area contributed by atoms with Gasteiger partial charge in [0.05, 0.1) is 39.3 Å². The molecule has 180 valence electrons. The Morgan fingerprint density at radius 3 is 2.31 bits per heavy atom. The molecule has 3 heterocycles. The SMILES string of the molecule is CCOC(=O)C1(CSc2nc3cc(Cl)ccc3[nH]2)OC(=O)C(O)=C1Sc1nc2cc(Cl)ccc2[nH]1. The van der Waals surface area contributed by atoms with Crippen LogP contribution in [0, 0.1) is 0 Å². The van der Waals surface area contributed by atoms with Gasteiger partial charge in [-0.05, 0) is 55.1 Å². The third-order valence-electron chi connectivity index (χ3n) is 5.10. The van der Waals surface area contributed by atoms with Crippen LogP contribution in [-0.2, 0) is 19.1 Å². The predicted molar refractivity (Wildman–Crippen MR) is 134 cm³/mol. The molecule has 2 aromatic heterocycles. The number of aliphatic hydroxyl groups is 1. The number of fused-ring (bicyclic) bond motifs is 2. The van der Waals surface area contributed by atoms with Crippen molar-refractivity contribution in [2.45, 2.75) is 22.8 Å². The Bertz CT molecular complexity index is 1520. The third-order valence-corrected chi connectivity index (χ3v) is 7.71. The van der Waals surface area contributed by atoms with Crippen molar-refractivity contribution in [1.29, 1.82) is 0 Å². The van der Waals surface area contributed by atoms with Crippen molar-refractivity contribution in [1.82, 2.24) is 19.9 Å². The number of hydrogen-bond acceptors (Lipinski definition) is 9. The standard InChI is InChI=1S/C22H16Cl2N4O5S2/c1-2-32-19(31)22(9-34-20-25-12-5-3-10(23)7-14(12)27-20)17(16(29)18(30)33-22)35-21-26-13-6-4-11(24)8-15(13)28-21/h3-8,29H,2,9H2,1H3,(H,25,27)(H,26,28). The molecule has 0 spiro atoms. The summed E-state index contributed by atoms with van der Waals surface area (Å²) in [4.78, 5) is 40.7. The molecular formula is C22H16Cl2N4O5S2. The van der Waals surface area contributed by atoms with Gasteiger partial charge in [-0.1, -0.05) is 35.0 Å². The molecule has 2 aromatic carbocycles. The highest BCUT2D eigenvalue weighted by molar-refractivity contribution is 8.03. The molecule has 13 heteroatoms. The van der Waals surface area contributed by atoms with E-state index in [0.717, 1.165) is 29.0 Å². The minimum Gasteiger partial charge on any atom is -0.501 e. The molecule has 5 rings (SSSR count). The fourth-order valence-electron chi connectivity index (χ4n) is 3.50. The molecule has 0 bridgehead atoms. The summed E-state index contributed by atoms with van der Waals surface area (Å²) in [7, 11) is 0. The van der Waals surface area contributed by atoms with Gasteiger partial charge in [-0.3, -0.25) is 0 Å². The predicted octanol–water partition coefficient (Wildman–Crippen LogP) is 5.26. The van der Waals surface area contributed by atoms with Crippen molar-refractivity contribution >= 4 is 80.7 Å². The normalized spacial score (nSPS) is 18.0. The van der Waals surface area contributed by atoms with Gasteiger partial charge in [0.15, 0.2) is 10.3 Å². The summed E-state index contributed by atoms with van der Waals surface area (Å²) in [6, 6.07) is 10.3. The van der Waals surface area contributed by atoms with Gasteiger partial charge in [-0.25, -0.2) is 19.6 Å². The molecule has 1 aliphatic rings. The van der Waals surface area contributed by atoms with Gasteiger partial charge in [0.25, 0.3) is 5.60 Å². The highest BCUT2D eigenvalue weighted by Gasteiger charge is 2.56. The van der Waals surface area contributed by atoms with Crippen LogP contribution in [0.4, 0.5) is 0 Å². The molecule has 35 heavy (non-hydrogen) atoms. The van der Waals surface area contributed by atoms with Crippen LogP contribution in [0.25, 0.3) is 22.1 Å². The summed E-state index contributed by atoms with van der Waals surface area (Å²) < 4.78 is 10.7. The van der Waals surface area contributed by atoms with E-state index in [4.69, 9.17) is 32.7 Å². The second-order valence-electron chi connectivity index (χ2n) is 7.41. The third kappa shape index (κ3) is 4.44. The van der Waals surface area contributed by atoms with E-state index in [1.54, 1.807) is 43.3 Å². The molecule has 1 atom stereocenters. The second-order valence-corrected chi connectivity index (χ2v) is 10.2. The minimum absolute atomic E-state index is 0.0299. The van der Waals surface area contributed by atoms with E-state index >= 15 is 0 Å². The van der Waals surface area contributed by atoms with Gasteiger partial charge in [0.1, 0.15) is 0 Å². The van der Waals surface area contributed by atoms with Gasteiger partial charge in [-0.15, -0.1) is 0 Å². The van der Waals surface area contributed by atoms with E-state index in [2.05, 4.69) is 19.9 Å². The van der Waals surface area contributed by atoms with Crippen molar-refractivity contribution < 1.29 is 24.2 Å². The Hall–Kier alpha value is -2.86. The molecule has 1 unspecified atom stereocenters. The summed E-state index contributed by atoms with van der Waals surface area (Å²) in [6.07, 6.45) is 0. The number of carbonyl (C=O) groups excluding carboxylic acids is 2. The molecule has 0 saturated heterocycles. The lowest BCUT2D eigenvalue weighted by molar-refractivity contribution is -0.169. The quantitative estimate of drug-likeness (QED) is 0.208. The Kier molecular flexibility index (Phi) is 6.34. The number of benzene rings is 2. The smallest absolute Gasteiger partial charge is 0.375 e. The summed E-state index contributed by atoms with van der Waals surface area (Å²) >= 11 is 14.1. The number of hydrogen-bond donors (Lipinski definition) is 3. The second kappa shape index (κ2) is 9.30. The minimum atomic E-state index is -1.90. The number of H-pyrrole nitrogens is 2. The van der Waals surface area contributed by atoms with Crippen LogP contribution in [-0.4, -0.2) is 54.9 Å². The van der Waals surface area contributed by atoms with Crippen LogP contribution in [0.1, 0.15) is 6.92 Å². The molecule has 0 fully saturated rings. The van der Waals surface area contributed by atoms with Gasteiger partial charge in [0, 0.05) is 10.0 Å². The van der Waals surface area contributed by atoms with Gasteiger partial charge in [-0.2, -0.15) is 0 Å². The first kappa shape index (κ1) is 23.9. The molecular weight excluding hydrogens is 535 g/mol. The zero-order chi connectivity index (χ0) is 24.7. The molecule has 0 amide bonds. The zero-order valence-electron chi connectivity index (χ0n) is 17.9. The summed E-state index contributed by atoms with van der Waals surface area (Å²) in [5.74, 6) is -2.63. The van der Waals surface area contributed by atoms with Crippen molar-refractivity contribution in [2.24, 2.45) is 0 Å². The number of esters is 2. The average Bonchev–Trinajstić information content (AvgIpc) is 3.48. The average molecular weight is 551 g/mol. The lowest BCUT2D eigenvalue weighted by Crippen LogP contribution is -2.44. The number of carbonyl (C=O) groups is 2. The van der Waals surface area contributed by atoms with Crippen molar-refractivity contribution in [3.8, 4) is 0 Å². The number of halogens is 2. The number of nitrogens with zero attached hydrogens (tertiary/aromatic N) is 2. The Balaban J connectivity index is 1.50. The van der Waals surface area contributed by atoms with E-state index in [-0.39, 0.29) is 17.3 Å². The first-order valence-electron chi connectivity index (χ1n) is 10.2. The summed E-state index contributed by atoms with van der Waals surface area (Å²) in [5, 5.41) is 12.4. The van der Waals surface area contributed by atoms with E-state index in [0.29, 0.717) is 36.9 Å². The fourth-order valence-corrected chi connectivity index (χ4v) is 5.97. The fraction of sp³-hybridized carbons (Fsp3) is 0.182. The van der Waals surface area contributed by atoms with Gasteiger partial charge in [0.2, 0.25) is 5.76 Å². The Morgan fingerprint density at radius 1 is 1.09 bits per heavy atom. The van der Waals surface area contributed by atoms with Gasteiger partial charge >= 0.3 is 11.9 Å². The maximum Gasteiger partial charge on any atom is 0.375 e. The van der Waals surface area contributed by atoms with Crippen LogP contribution in [0.3, 0.4) is 0 Å². The van der Waals surface area contributed by atoms with Crippen molar-refractivity contribution in [3.05, 3.63) is 57.1 Å². The molecule has 1 aliphatic heterocycles. The number of imidazole rings is 2. The van der Waals surface area contributed by atoms with Crippen molar-refractivity contribution in [2.75, 3.05) is 12.4 Å². The largest absolute Gasteiger partial charge is 0.501 e. The highest BCUT2D eigenvalue weighted by atomic mass is 35.5. The maximum absolute atomic E-state index is 13.1.